The molecule has 0 aliphatic carbocycles. The van der Waals surface area contributed by atoms with Crippen molar-refractivity contribution in [1.29, 1.82) is 0 Å². The van der Waals surface area contributed by atoms with Gasteiger partial charge in [0.05, 0.1) is 26.7 Å². The number of nitrogens with zero attached hydrogens (tertiary/aromatic N) is 5. The molecule has 0 spiro atoms. The molecular formula is C22H27N5O4. The van der Waals surface area contributed by atoms with Crippen molar-refractivity contribution in [3.05, 3.63) is 42.2 Å². The number of benzene rings is 1. The van der Waals surface area contributed by atoms with Gasteiger partial charge in [-0.2, -0.15) is 0 Å². The van der Waals surface area contributed by atoms with Crippen LogP contribution < -0.4 is 14.4 Å². The molecule has 0 radical (unpaired) electrons. The van der Waals surface area contributed by atoms with Gasteiger partial charge in [-0.1, -0.05) is 6.07 Å². The predicted octanol–water partition coefficient (Wildman–Crippen LogP) is 0.986. The minimum absolute atomic E-state index is 0.102. The molecular weight excluding hydrogens is 398 g/mol. The molecule has 9 nitrogen and oxygen atoms in total. The Hall–Kier alpha value is -3.20. The summed E-state index contributed by atoms with van der Waals surface area (Å²) in [5, 5.41) is 0. The largest absolute Gasteiger partial charge is 0.493 e. The van der Waals surface area contributed by atoms with Crippen molar-refractivity contribution in [3.63, 3.8) is 0 Å². The van der Waals surface area contributed by atoms with Gasteiger partial charge >= 0.3 is 0 Å². The number of methoxy groups -OCH3 is 2. The number of carbonyl (C=O) groups excluding carboxylic acids is 2. The van der Waals surface area contributed by atoms with Crippen molar-refractivity contribution >= 4 is 17.8 Å². The highest BCUT2D eigenvalue weighted by Gasteiger charge is 2.42. The second-order valence-corrected chi connectivity index (χ2v) is 7.61. The van der Waals surface area contributed by atoms with E-state index in [9.17, 15) is 9.59 Å². The van der Waals surface area contributed by atoms with E-state index in [0.29, 0.717) is 43.5 Å². The highest BCUT2D eigenvalue weighted by Crippen LogP contribution is 2.28. The van der Waals surface area contributed by atoms with Crippen molar-refractivity contribution < 1.29 is 19.1 Å². The number of ether oxygens (including phenoxy) is 2. The van der Waals surface area contributed by atoms with Gasteiger partial charge in [-0.05, 0) is 30.2 Å². The van der Waals surface area contributed by atoms with Crippen LogP contribution >= 0.6 is 0 Å². The van der Waals surface area contributed by atoms with E-state index < -0.39 is 0 Å². The van der Waals surface area contributed by atoms with Gasteiger partial charge in [-0.25, -0.2) is 9.97 Å². The van der Waals surface area contributed by atoms with Gasteiger partial charge in [0.1, 0.15) is 0 Å². The molecule has 4 rings (SSSR count). The summed E-state index contributed by atoms with van der Waals surface area (Å²) in [5.74, 6) is 1.78. The van der Waals surface area contributed by atoms with Crippen LogP contribution in [0.15, 0.2) is 36.7 Å². The van der Waals surface area contributed by atoms with Crippen molar-refractivity contribution in [2.24, 2.45) is 0 Å². The van der Waals surface area contributed by atoms with Gasteiger partial charge in [0, 0.05) is 45.1 Å². The maximum atomic E-state index is 13.0. The van der Waals surface area contributed by atoms with Crippen LogP contribution in [0.25, 0.3) is 0 Å². The number of likely N-dealkylation sites (tertiary alicyclic amines) is 1. The molecule has 1 aromatic carbocycles. The van der Waals surface area contributed by atoms with E-state index in [-0.39, 0.29) is 24.3 Å². The molecule has 31 heavy (non-hydrogen) atoms. The minimum atomic E-state index is -0.378. The summed E-state index contributed by atoms with van der Waals surface area (Å²) < 4.78 is 10.6. The molecule has 164 valence electrons. The Kier molecular flexibility index (Phi) is 6.31. The quantitative estimate of drug-likeness (QED) is 0.607. The molecule has 2 aromatic rings. The third-order valence-electron chi connectivity index (χ3n) is 5.88. The number of rotatable bonds is 7. The summed E-state index contributed by atoms with van der Waals surface area (Å²) in [7, 11) is 3.18. The smallest absolute Gasteiger partial charge is 0.247 e. The lowest BCUT2D eigenvalue weighted by Gasteiger charge is -2.36. The zero-order chi connectivity index (χ0) is 21.8. The molecule has 2 aliphatic heterocycles. The zero-order valence-electron chi connectivity index (χ0n) is 17.9. The van der Waals surface area contributed by atoms with Crippen LogP contribution in [0.1, 0.15) is 12.0 Å². The Bertz CT molecular complexity index is 931. The fourth-order valence-electron chi connectivity index (χ4n) is 4.15. The van der Waals surface area contributed by atoms with Gasteiger partial charge in [0.15, 0.2) is 11.5 Å². The van der Waals surface area contributed by atoms with Crippen molar-refractivity contribution in [1.82, 2.24) is 19.8 Å². The summed E-state index contributed by atoms with van der Waals surface area (Å²) in [6.45, 7) is 3.22. The fraction of sp³-hybridized carbons (Fsp3) is 0.455. The van der Waals surface area contributed by atoms with Crippen LogP contribution in [0.4, 0.5) is 5.95 Å². The Labute approximate surface area is 181 Å². The van der Waals surface area contributed by atoms with Crippen LogP contribution in [-0.4, -0.2) is 84.6 Å². The maximum Gasteiger partial charge on any atom is 0.247 e. The summed E-state index contributed by atoms with van der Waals surface area (Å²) >= 11 is 0. The van der Waals surface area contributed by atoms with E-state index in [1.54, 1.807) is 32.7 Å². The number of carbonyl (C=O) groups is 2. The summed E-state index contributed by atoms with van der Waals surface area (Å²) in [5.41, 5.74) is 0.984. The van der Waals surface area contributed by atoms with Gasteiger partial charge in [-0.3, -0.25) is 19.4 Å². The van der Waals surface area contributed by atoms with E-state index in [1.165, 1.54) is 4.90 Å². The SMILES string of the molecule is COc1ccc(CCN2C(=O)C[C@@H](N3CCN(c4ncccn4)CC3)C2=O)cc1OC. The zero-order valence-corrected chi connectivity index (χ0v) is 17.9. The molecule has 2 amide bonds. The van der Waals surface area contributed by atoms with Gasteiger partial charge in [0.25, 0.3) is 0 Å². The number of aromatic nitrogens is 2. The van der Waals surface area contributed by atoms with E-state index >= 15 is 0 Å². The molecule has 0 unspecified atom stereocenters. The molecule has 2 saturated heterocycles. The second kappa shape index (κ2) is 9.30. The molecule has 0 N–H and O–H groups in total. The van der Waals surface area contributed by atoms with Crippen LogP contribution in [0.5, 0.6) is 11.5 Å². The molecule has 0 saturated carbocycles. The van der Waals surface area contributed by atoms with Crippen LogP contribution in [0.2, 0.25) is 0 Å². The topological polar surface area (TPSA) is 88.1 Å². The van der Waals surface area contributed by atoms with Gasteiger partial charge in [0.2, 0.25) is 17.8 Å². The third kappa shape index (κ3) is 4.46. The Morgan fingerprint density at radius 1 is 1.00 bits per heavy atom. The van der Waals surface area contributed by atoms with E-state index in [4.69, 9.17) is 9.47 Å². The Morgan fingerprint density at radius 3 is 2.39 bits per heavy atom. The lowest BCUT2D eigenvalue weighted by Crippen LogP contribution is -2.53. The first kappa shape index (κ1) is 21.0. The lowest BCUT2D eigenvalue weighted by atomic mass is 10.1. The molecule has 3 heterocycles. The highest BCUT2D eigenvalue weighted by molar-refractivity contribution is 6.05. The Morgan fingerprint density at radius 2 is 1.71 bits per heavy atom. The van der Waals surface area contributed by atoms with Gasteiger partial charge in [-0.15, -0.1) is 0 Å². The first-order valence-electron chi connectivity index (χ1n) is 10.4. The monoisotopic (exact) mass is 425 g/mol. The fourth-order valence-corrected chi connectivity index (χ4v) is 4.15. The third-order valence-corrected chi connectivity index (χ3v) is 5.88. The van der Waals surface area contributed by atoms with Crippen molar-refractivity contribution in [2.45, 2.75) is 18.9 Å². The molecule has 0 bridgehead atoms. The normalized spacial score (nSPS) is 19.7. The molecule has 1 atom stereocenters. The average molecular weight is 425 g/mol. The van der Waals surface area contributed by atoms with Crippen molar-refractivity contribution in [3.8, 4) is 11.5 Å². The van der Waals surface area contributed by atoms with Gasteiger partial charge < -0.3 is 14.4 Å². The second-order valence-electron chi connectivity index (χ2n) is 7.61. The number of hydrogen-bond acceptors (Lipinski definition) is 8. The van der Waals surface area contributed by atoms with E-state index in [0.717, 1.165) is 18.7 Å². The first-order chi connectivity index (χ1) is 15.1. The maximum absolute atomic E-state index is 13.0. The standard InChI is InChI=1S/C22H27N5O4/c1-30-18-5-4-16(14-19(18)31-2)6-9-27-20(28)15-17(21(27)29)25-10-12-26(13-11-25)22-23-7-3-8-24-22/h3-5,7-8,14,17H,6,9-13,15H2,1-2H3/t17-/m1/s1. The number of imide groups is 1. The molecule has 2 aliphatic rings. The number of hydrogen-bond donors (Lipinski definition) is 0. The van der Waals surface area contributed by atoms with Crippen LogP contribution in [0.3, 0.4) is 0 Å². The van der Waals surface area contributed by atoms with Crippen molar-refractivity contribution in [2.75, 3.05) is 51.8 Å². The number of anilines is 1. The average Bonchev–Trinajstić information content (AvgIpc) is 3.11. The number of amides is 2. The summed E-state index contributed by atoms with van der Waals surface area (Å²) in [6, 6.07) is 7.05. The first-order valence-corrected chi connectivity index (χ1v) is 10.4. The summed E-state index contributed by atoms with van der Waals surface area (Å²) in [6.07, 6.45) is 4.27. The van der Waals surface area contributed by atoms with E-state index in [2.05, 4.69) is 19.8 Å². The molecule has 9 heteroatoms. The summed E-state index contributed by atoms with van der Waals surface area (Å²) in [4.78, 5) is 39.8. The predicted molar refractivity (Wildman–Crippen MR) is 114 cm³/mol. The lowest BCUT2D eigenvalue weighted by molar-refractivity contribution is -0.139. The number of piperazine rings is 1. The molecule has 1 aromatic heterocycles. The minimum Gasteiger partial charge on any atom is -0.493 e. The Balaban J connectivity index is 1.34. The molecule has 2 fully saturated rings. The highest BCUT2D eigenvalue weighted by atomic mass is 16.5. The van der Waals surface area contributed by atoms with Crippen LogP contribution in [-0.2, 0) is 16.0 Å². The van der Waals surface area contributed by atoms with Crippen LogP contribution in [0, 0.1) is 0 Å². The van der Waals surface area contributed by atoms with E-state index in [1.807, 2.05) is 18.2 Å².